The molecule has 4 rings (SSSR count). The molecule has 0 aliphatic carbocycles. The Balaban J connectivity index is 1.38. The van der Waals surface area contributed by atoms with E-state index < -0.39 is 9.84 Å². The van der Waals surface area contributed by atoms with Gasteiger partial charge in [-0.15, -0.1) is 11.3 Å². The molecule has 2 aromatic heterocycles. The van der Waals surface area contributed by atoms with E-state index in [-0.39, 0.29) is 23.5 Å². The molecule has 0 N–H and O–H groups in total. The van der Waals surface area contributed by atoms with Gasteiger partial charge >= 0.3 is 0 Å². The van der Waals surface area contributed by atoms with E-state index in [4.69, 9.17) is 0 Å². The summed E-state index contributed by atoms with van der Waals surface area (Å²) >= 11 is 1.60. The van der Waals surface area contributed by atoms with Crippen LogP contribution in [0.4, 0.5) is 5.82 Å². The van der Waals surface area contributed by atoms with Crippen LogP contribution < -0.4 is 4.90 Å². The SMILES string of the molecule is O=C(CN1CCN(c2ccccn2)CC1)N(Cc1cccs1)C1CCS(=O)(=O)C1. The number of hydrogen-bond donors (Lipinski definition) is 0. The van der Waals surface area contributed by atoms with E-state index in [0.29, 0.717) is 19.5 Å². The number of hydrogen-bond acceptors (Lipinski definition) is 7. The molecule has 4 heterocycles. The minimum absolute atomic E-state index is 0.0202. The highest BCUT2D eigenvalue weighted by atomic mass is 32.2. The van der Waals surface area contributed by atoms with Crippen LogP contribution in [0.2, 0.25) is 0 Å². The topological polar surface area (TPSA) is 73.8 Å². The van der Waals surface area contributed by atoms with E-state index in [0.717, 1.165) is 36.9 Å². The van der Waals surface area contributed by atoms with E-state index in [1.54, 1.807) is 22.4 Å². The predicted octanol–water partition coefficient (Wildman–Crippen LogP) is 1.48. The highest BCUT2D eigenvalue weighted by Gasteiger charge is 2.35. The van der Waals surface area contributed by atoms with Crippen LogP contribution in [0.25, 0.3) is 0 Å². The maximum absolute atomic E-state index is 13.2. The standard InChI is InChI=1S/C20H26N4O3S2/c25-20(15-22-8-10-23(11-9-22)19-5-1-2-7-21-19)24(14-18-4-3-12-28-18)17-6-13-29(26,27)16-17/h1-5,7,12,17H,6,8-11,13-16H2. The van der Waals surface area contributed by atoms with Crippen LogP contribution in [0.5, 0.6) is 0 Å². The van der Waals surface area contributed by atoms with Crippen LogP contribution in [-0.4, -0.2) is 79.4 Å². The van der Waals surface area contributed by atoms with Crippen LogP contribution in [0.15, 0.2) is 41.9 Å². The molecule has 0 bridgehead atoms. The van der Waals surface area contributed by atoms with Gasteiger partial charge in [0.2, 0.25) is 5.91 Å². The fourth-order valence-electron chi connectivity index (χ4n) is 3.97. The number of anilines is 1. The number of amides is 1. The summed E-state index contributed by atoms with van der Waals surface area (Å²) in [5.74, 6) is 1.24. The zero-order valence-corrected chi connectivity index (χ0v) is 17.9. The minimum atomic E-state index is -3.04. The fourth-order valence-corrected chi connectivity index (χ4v) is 6.40. The molecule has 2 aliphatic heterocycles. The second-order valence-corrected chi connectivity index (χ2v) is 10.9. The van der Waals surface area contributed by atoms with Gasteiger partial charge in [0.15, 0.2) is 9.84 Å². The van der Waals surface area contributed by atoms with Crippen LogP contribution in [0.3, 0.4) is 0 Å². The molecule has 9 heteroatoms. The fraction of sp³-hybridized carbons (Fsp3) is 0.500. The number of pyridine rings is 1. The maximum atomic E-state index is 13.2. The Hall–Kier alpha value is -1.97. The Morgan fingerprint density at radius 2 is 2.00 bits per heavy atom. The average Bonchev–Trinajstić information content (AvgIpc) is 3.36. The maximum Gasteiger partial charge on any atom is 0.237 e. The van der Waals surface area contributed by atoms with Gasteiger partial charge in [0, 0.05) is 43.3 Å². The van der Waals surface area contributed by atoms with Gasteiger partial charge in [-0.05, 0) is 30.0 Å². The monoisotopic (exact) mass is 434 g/mol. The second kappa shape index (κ2) is 8.81. The van der Waals surface area contributed by atoms with Gasteiger partial charge in [-0.3, -0.25) is 9.69 Å². The first-order chi connectivity index (χ1) is 14.0. The third-order valence-corrected chi connectivity index (χ3v) is 8.19. The van der Waals surface area contributed by atoms with Crippen LogP contribution in [0, 0.1) is 0 Å². The molecule has 2 saturated heterocycles. The van der Waals surface area contributed by atoms with Crippen molar-refractivity contribution in [2.45, 2.75) is 19.0 Å². The van der Waals surface area contributed by atoms with E-state index in [1.807, 2.05) is 35.7 Å². The lowest BCUT2D eigenvalue weighted by molar-refractivity contribution is -0.135. The third kappa shape index (κ3) is 5.15. The van der Waals surface area contributed by atoms with Crippen molar-refractivity contribution in [3.05, 3.63) is 46.8 Å². The van der Waals surface area contributed by atoms with E-state index in [1.165, 1.54) is 0 Å². The minimum Gasteiger partial charge on any atom is -0.354 e. The van der Waals surface area contributed by atoms with Gasteiger partial charge in [0.25, 0.3) is 0 Å². The normalized spacial score (nSPS) is 21.9. The molecule has 1 unspecified atom stereocenters. The number of aromatic nitrogens is 1. The quantitative estimate of drug-likeness (QED) is 0.686. The molecule has 156 valence electrons. The Kier molecular flexibility index (Phi) is 6.17. The van der Waals surface area contributed by atoms with E-state index >= 15 is 0 Å². The summed E-state index contributed by atoms with van der Waals surface area (Å²) < 4.78 is 23.9. The summed E-state index contributed by atoms with van der Waals surface area (Å²) in [5.41, 5.74) is 0. The summed E-state index contributed by atoms with van der Waals surface area (Å²) in [4.78, 5) is 24.8. The summed E-state index contributed by atoms with van der Waals surface area (Å²) in [6.07, 6.45) is 2.33. The van der Waals surface area contributed by atoms with Gasteiger partial charge in [0.05, 0.1) is 24.6 Å². The number of carbonyl (C=O) groups is 1. The van der Waals surface area contributed by atoms with Gasteiger partial charge < -0.3 is 9.80 Å². The molecule has 0 spiro atoms. The zero-order valence-electron chi connectivity index (χ0n) is 16.3. The third-order valence-electron chi connectivity index (χ3n) is 5.58. The van der Waals surface area contributed by atoms with E-state index in [9.17, 15) is 13.2 Å². The van der Waals surface area contributed by atoms with Crippen molar-refractivity contribution < 1.29 is 13.2 Å². The van der Waals surface area contributed by atoms with Crippen molar-refractivity contribution in [2.75, 3.05) is 49.1 Å². The Bertz CT molecular complexity index is 910. The van der Waals surface area contributed by atoms with Gasteiger partial charge in [-0.1, -0.05) is 12.1 Å². The van der Waals surface area contributed by atoms with Crippen molar-refractivity contribution in [3.63, 3.8) is 0 Å². The largest absolute Gasteiger partial charge is 0.354 e. The lowest BCUT2D eigenvalue weighted by Crippen LogP contribution is -2.51. The number of rotatable bonds is 6. The Morgan fingerprint density at radius 1 is 1.17 bits per heavy atom. The lowest BCUT2D eigenvalue weighted by atomic mass is 10.2. The number of piperazine rings is 1. The molecule has 1 amide bonds. The van der Waals surface area contributed by atoms with Crippen molar-refractivity contribution in [1.29, 1.82) is 0 Å². The second-order valence-electron chi connectivity index (χ2n) is 7.61. The molecule has 1 atom stereocenters. The van der Waals surface area contributed by atoms with Crippen molar-refractivity contribution in [1.82, 2.24) is 14.8 Å². The molecule has 0 aromatic carbocycles. The molecule has 7 nitrogen and oxygen atoms in total. The molecule has 2 aromatic rings. The molecule has 2 aliphatic rings. The van der Waals surface area contributed by atoms with Crippen LogP contribution >= 0.6 is 11.3 Å². The van der Waals surface area contributed by atoms with Crippen LogP contribution in [0.1, 0.15) is 11.3 Å². The number of nitrogens with zero attached hydrogens (tertiary/aromatic N) is 4. The Labute approximate surface area is 175 Å². The lowest BCUT2D eigenvalue weighted by Gasteiger charge is -2.36. The number of sulfone groups is 1. The first-order valence-electron chi connectivity index (χ1n) is 9.91. The summed E-state index contributed by atoms with van der Waals surface area (Å²) in [6, 6.07) is 9.64. The van der Waals surface area contributed by atoms with Gasteiger partial charge in [0.1, 0.15) is 5.82 Å². The predicted molar refractivity (Wildman–Crippen MR) is 115 cm³/mol. The molecular weight excluding hydrogens is 408 g/mol. The van der Waals surface area contributed by atoms with E-state index in [2.05, 4.69) is 14.8 Å². The first-order valence-corrected chi connectivity index (χ1v) is 12.6. The molecule has 29 heavy (non-hydrogen) atoms. The highest BCUT2D eigenvalue weighted by Crippen LogP contribution is 2.22. The smallest absolute Gasteiger partial charge is 0.237 e. The number of thiophene rings is 1. The molecule has 0 radical (unpaired) electrons. The zero-order chi connectivity index (χ0) is 20.3. The average molecular weight is 435 g/mol. The Morgan fingerprint density at radius 3 is 2.62 bits per heavy atom. The number of carbonyl (C=O) groups excluding carboxylic acids is 1. The van der Waals surface area contributed by atoms with Gasteiger partial charge in [-0.2, -0.15) is 0 Å². The summed E-state index contributed by atoms with van der Waals surface area (Å²) in [7, 11) is -3.04. The van der Waals surface area contributed by atoms with Crippen molar-refractivity contribution in [2.24, 2.45) is 0 Å². The van der Waals surface area contributed by atoms with Crippen LogP contribution in [-0.2, 0) is 21.2 Å². The van der Waals surface area contributed by atoms with Crippen molar-refractivity contribution in [3.8, 4) is 0 Å². The molecular formula is C20H26N4O3S2. The molecule has 2 fully saturated rings. The van der Waals surface area contributed by atoms with Crippen molar-refractivity contribution >= 4 is 32.9 Å². The molecule has 0 saturated carbocycles. The highest BCUT2D eigenvalue weighted by molar-refractivity contribution is 7.91. The first kappa shape index (κ1) is 20.3. The van der Waals surface area contributed by atoms with Gasteiger partial charge in [-0.25, -0.2) is 13.4 Å². The summed E-state index contributed by atoms with van der Waals surface area (Å²) in [6.45, 7) is 4.05. The summed E-state index contributed by atoms with van der Waals surface area (Å²) in [5, 5.41) is 1.99.